The number of halogens is 1. The number of rotatable bonds is 4. The number of thiazole rings is 1. The van der Waals surface area contributed by atoms with Crippen LogP contribution in [0.4, 0.5) is 0 Å². The van der Waals surface area contributed by atoms with Gasteiger partial charge in [-0.2, -0.15) is 0 Å². The summed E-state index contributed by atoms with van der Waals surface area (Å²) >= 11 is 7.38. The highest BCUT2D eigenvalue weighted by molar-refractivity contribution is 7.20. The van der Waals surface area contributed by atoms with Crippen LogP contribution in [-0.4, -0.2) is 25.5 Å². The van der Waals surface area contributed by atoms with Gasteiger partial charge in [0.2, 0.25) is 11.7 Å². The van der Waals surface area contributed by atoms with E-state index in [1.807, 2.05) is 18.2 Å². The van der Waals surface area contributed by atoms with Crippen molar-refractivity contribution >= 4 is 38.9 Å². The Balaban J connectivity index is 1.81. The van der Waals surface area contributed by atoms with E-state index in [0.717, 1.165) is 4.70 Å². The summed E-state index contributed by atoms with van der Waals surface area (Å²) in [5.74, 6) is -0.914. The van der Waals surface area contributed by atoms with Crippen molar-refractivity contribution in [2.45, 2.75) is 6.92 Å². The van der Waals surface area contributed by atoms with Gasteiger partial charge >= 0.3 is 0 Å². The van der Waals surface area contributed by atoms with Crippen molar-refractivity contribution < 1.29 is 19.4 Å². The molecule has 5 rings (SSSR count). The second-order valence-corrected chi connectivity index (χ2v) is 8.39. The Hall–Kier alpha value is -3.55. The number of furan rings is 1. The van der Waals surface area contributed by atoms with Gasteiger partial charge < -0.3 is 14.6 Å². The maximum Gasteiger partial charge on any atom is 0.242 e. The van der Waals surface area contributed by atoms with E-state index in [9.17, 15) is 15.0 Å². The minimum atomic E-state index is -0.539. The van der Waals surface area contributed by atoms with E-state index >= 15 is 0 Å². The van der Waals surface area contributed by atoms with Gasteiger partial charge in [0.25, 0.3) is 0 Å². The Bertz CT molecular complexity index is 1450. The Kier molecular flexibility index (Phi) is 4.57. The predicted octanol–water partition coefficient (Wildman–Crippen LogP) is 5.95. The van der Waals surface area contributed by atoms with Crippen molar-refractivity contribution in [2.24, 2.45) is 0 Å². The lowest BCUT2D eigenvalue weighted by molar-refractivity contribution is 0.101. The normalized spacial score (nSPS) is 11.3. The Morgan fingerprint density at radius 2 is 1.87 bits per heavy atom. The van der Waals surface area contributed by atoms with Crippen molar-refractivity contribution in [3.8, 4) is 28.0 Å². The molecule has 0 aliphatic rings. The SMILES string of the molecule is Cc1ccc(C(=O)c2c(O)c(O)n(-c3nc4ccc(Cl)cc4s3)c2-c2ccccc2)o1. The topological polar surface area (TPSA) is 88.5 Å². The number of aryl methyl sites for hydroxylation is 1. The number of nitrogens with zero attached hydrogens (tertiary/aromatic N) is 2. The van der Waals surface area contributed by atoms with E-state index in [0.29, 0.717) is 32.7 Å². The van der Waals surface area contributed by atoms with Crippen LogP contribution in [0, 0.1) is 6.92 Å². The highest BCUT2D eigenvalue weighted by Gasteiger charge is 2.32. The van der Waals surface area contributed by atoms with Crippen LogP contribution in [0.2, 0.25) is 5.02 Å². The van der Waals surface area contributed by atoms with Crippen molar-refractivity contribution in [3.05, 3.63) is 82.8 Å². The number of hydrogen-bond acceptors (Lipinski definition) is 6. The quantitative estimate of drug-likeness (QED) is 0.330. The van der Waals surface area contributed by atoms with Gasteiger partial charge in [0, 0.05) is 5.02 Å². The average Bonchev–Trinajstić information content (AvgIpc) is 3.44. The molecule has 2 N–H and O–H groups in total. The molecule has 0 saturated heterocycles. The second kappa shape index (κ2) is 7.30. The molecule has 0 fully saturated rings. The number of fused-ring (bicyclic) bond motifs is 1. The molecule has 0 unspecified atom stereocenters. The maximum absolute atomic E-state index is 13.3. The average molecular weight is 451 g/mol. The molecule has 0 aliphatic heterocycles. The molecule has 0 saturated carbocycles. The largest absolute Gasteiger partial charge is 0.503 e. The zero-order valence-corrected chi connectivity index (χ0v) is 17.7. The molecule has 0 atom stereocenters. The van der Waals surface area contributed by atoms with Gasteiger partial charge in [-0.3, -0.25) is 9.36 Å². The molecule has 0 radical (unpaired) electrons. The van der Waals surface area contributed by atoms with Crippen LogP contribution in [0.15, 0.2) is 65.1 Å². The summed E-state index contributed by atoms with van der Waals surface area (Å²) < 4.78 is 7.67. The van der Waals surface area contributed by atoms with E-state index in [4.69, 9.17) is 16.0 Å². The lowest BCUT2D eigenvalue weighted by Gasteiger charge is -2.08. The van der Waals surface area contributed by atoms with Crippen molar-refractivity contribution in [1.82, 2.24) is 9.55 Å². The standard InChI is InChI=1S/C23H15ClN2O4S/c1-12-7-10-16(30-12)20(27)18-19(13-5-3-2-4-6-13)26(22(29)21(18)28)23-25-15-9-8-14(24)11-17(15)31-23/h2-11,28-29H,1H3. The molecule has 2 aromatic carbocycles. The molecule has 3 heterocycles. The third-order valence-corrected chi connectivity index (χ3v) is 6.13. The van der Waals surface area contributed by atoms with Crippen LogP contribution in [-0.2, 0) is 0 Å². The van der Waals surface area contributed by atoms with Crippen LogP contribution in [0.1, 0.15) is 21.9 Å². The van der Waals surface area contributed by atoms with Gasteiger partial charge in [-0.05, 0) is 42.8 Å². The lowest BCUT2D eigenvalue weighted by atomic mass is 10.0. The number of carbonyl (C=O) groups excluding carboxylic acids is 1. The summed E-state index contributed by atoms with van der Waals surface area (Å²) in [6.45, 7) is 1.73. The van der Waals surface area contributed by atoms with Gasteiger partial charge in [0.1, 0.15) is 5.76 Å². The number of ketones is 1. The molecule has 5 aromatic rings. The fourth-order valence-corrected chi connectivity index (χ4v) is 4.73. The first-order chi connectivity index (χ1) is 14.9. The molecule has 0 aliphatic carbocycles. The first-order valence-corrected chi connectivity index (χ1v) is 10.5. The van der Waals surface area contributed by atoms with Crippen LogP contribution in [0.3, 0.4) is 0 Å². The summed E-state index contributed by atoms with van der Waals surface area (Å²) in [5.41, 5.74) is 1.57. The van der Waals surface area contributed by atoms with Crippen molar-refractivity contribution in [3.63, 3.8) is 0 Å². The maximum atomic E-state index is 13.3. The number of aromatic nitrogens is 2. The van der Waals surface area contributed by atoms with Gasteiger partial charge in [0.15, 0.2) is 16.6 Å². The van der Waals surface area contributed by atoms with E-state index in [1.165, 1.54) is 15.9 Å². The first kappa shape index (κ1) is 19.4. The van der Waals surface area contributed by atoms with Crippen LogP contribution < -0.4 is 0 Å². The molecule has 154 valence electrons. The molecular formula is C23H15ClN2O4S. The van der Waals surface area contributed by atoms with Gasteiger partial charge in [0.05, 0.1) is 21.5 Å². The van der Waals surface area contributed by atoms with Crippen LogP contribution in [0.5, 0.6) is 11.6 Å². The van der Waals surface area contributed by atoms with Gasteiger partial charge in [-0.15, -0.1) is 0 Å². The molecule has 0 amide bonds. The smallest absolute Gasteiger partial charge is 0.242 e. The summed E-state index contributed by atoms with van der Waals surface area (Å²) in [6, 6.07) is 17.5. The Labute approximate surface area is 185 Å². The van der Waals surface area contributed by atoms with E-state index in [2.05, 4.69) is 4.98 Å². The number of hydrogen-bond donors (Lipinski definition) is 2. The van der Waals surface area contributed by atoms with Crippen molar-refractivity contribution in [2.75, 3.05) is 0 Å². The highest BCUT2D eigenvalue weighted by atomic mass is 35.5. The molecule has 31 heavy (non-hydrogen) atoms. The van der Waals surface area contributed by atoms with E-state index in [1.54, 1.807) is 49.4 Å². The number of aromatic hydroxyl groups is 2. The van der Waals surface area contributed by atoms with Gasteiger partial charge in [-0.25, -0.2) is 4.98 Å². The fourth-order valence-electron chi connectivity index (χ4n) is 3.48. The van der Waals surface area contributed by atoms with Crippen LogP contribution in [0.25, 0.3) is 26.6 Å². The first-order valence-electron chi connectivity index (χ1n) is 9.33. The van der Waals surface area contributed by atoms with Crippen molar-refractivity contribution in [1.29, 1.82) is 0 Å². The summed E-state index contributed by atoms with van der Waals surface area (Å²) in [7, 11) is 0. The molecular weight excluding hydrogens is 436 g/mol. The third-order valence-electron chi connectivity index (χ3n) is 4.89. The molecule has 6 nitrogen and oxygen atoms in total. The molecule has 3 aromatic heterocycles. The molecule has 8 heteroatoms. The number of carbonyl (C=O) groups is 1. The third kappa shape index (κ3) is 3.19. The van der Waals surface area contributed by atoms with Gasteiger partial charge in [-0.1, -0.05) is 53.3 Å². The fraction of sp³-hybridized carbons (Fsp3) is 0.0435. The predicted molar refractivity (Wildman–Crippen MR) is 120 cm³/mol. The molecule has 0 bridgehead atoms. The summed E-state index contributed by atoms with van der Waals surface area (Å²) in [6.07, 6.45) is 0. The lowest BCUT2D eigenvalue weighted by Crippen LogP contribution is -2.04. The highest BCUT2D eigenvalue weighted by Crippen LogP contribution is 2.45. The van der Waals surface area contributed by atoms with E-state index < -0.39 is 17.4 Å². The Morgan fingerprint density at radius 1 is 1.10 bits per heavy atom. The zero-order chi connectivity index (χ0) is 21.7. The zero-order valence-electron chi connectivity index (χ0n) is 16.2. The monoisotopic (exact) mass is 450 g/mol. The minimum absolute atomic E-state index is 0.0599. The Morgan fingerprint density at radius 3 is 2.58 bits per heavy atom. The summed E-state index contributed by atoms with van der Waals surface area (Å²) in [4.78, 5) is 17.9. The second-order valence-electron chi connectivity index (χ2n) is 6.95. The number of benzene rings is 2. The van der Waals surface area contributed by atoms with Crippen LogP contribution >= 0.6 is 22.9 Å². The summed E-state index contributed by atoms with van der Waals surface area (Å²) in [5, 5.41) is 22.6. The minimum Gasteiger partial charge on any atom is -0.503 e. The molecule has 0 spiro atoms. The van der Waals surface area contributed by atoms with E-state index in [-0.39, 0.29) is 11.3 Å².